The fourth-order valence-corrected chi connectivity index (χ4v) is 4.10. The zero-order valence-corrected chi connectivity index (χ0v) is 17.2. The van der Waals surface area contributed by atoms with E-state index in [4.69, 9.17) is 27.9 Å². The van der Waals surface area contributed by atoms with Crippen molar-refractivity contribution in [2.24, 2.45) is 0 Å². The second-order valence-electron chi connectivity index (χ2n) is 6.89. The zero-order chi connectivity index (χ0) is 20.5. The van der Waals surface area contributed by atoms with Crippen LogP contribution < -0.4 is 4.74 Å². The van der Waals surface area contributed by atoms with Gasteiger partial charge in [0.2, 0.25) is 0 Å². The summed E-state index contributed by atoms with van der Waals surface area (Å²) in [6.45, 7) is 1.98. The van der Waals surface area contributed by atoms with Crippen LogP contribution in [0.3, 0.4) is 0 Å². The zero-order valence-electron chi connectivity index (χ0n) is 15.7. The molecule has 0 radical (unpaired) electrons. The van der Waals surface area contributed by atoms with Gasteiger partial charge in [-0.1, -0.05) is 47.5 Å². The summed E-state index contributed by atoms with van der Waals surface area (Å²) in [5.74, 6) is 0.829. The first kappa shape index (κ1) is 19.6. The monoisotopic (exact) mass is 424 g/mol. The molecular weight excluding hydrogens is 407 g/mol. The molecule has 0 unspecified atom stereocenters. The number of fused-ring (bicyclic) bond motifs is 1. The molecule has 146 valence electrons. The van der Waals surface area contributed by atoms with Crippen molar-refractivity contribution in [2.45, 2.75) is 13.3 Å². The Bertz CT molecular complexity index is 1130. The predicted molar refractivity (Wildman–Crippen MR) is 117 cm³/mol. The van der Waals surface area contributed by atoms with Gasteiger partial charge in [0, 0.05) is 27.6 Å². The number of hydrogen-bond acceptors (Lipinski definition) is 3. The Morgan fingerprint density at radius 3 is 2.38 bits per heavy atom. The van der Waals surface area contributed by atoms with E-state index in [2.05, 4.69) is 0 Å². The Kier molecular flexibility index (Phi) is 5.35. The first-order valence-electron chi connectivity index (χ1n) is 9.20. The van der Waals surface area contributed by atoms with Gasteiger partial charge in [-0.25, -0.2) is 0 Å². The number of rotatable bonds is 3. The van der Waals surface area contributed by atoms with Crippen molar-refractivity contribution in [3.8, 4) is 11.5 Å². The highest BCUT2D eigenvalue weighted by Crippen LogP contribution is 2.43. The minimum atomic E-state index is -0.0169. The fourth-order valence-electron chi connectivity index (χ4n) is 3.58. The van der Waals surface area contributed by atoms with Crippen molar-refractivity contribution in [3.63, 3.8) is 0 Å². The molecule has 1 N–H and O–H groups in total. The van der Waals surface area contributed by atoms with Gasteiger partial charge in [0.25, 0.3) is 0 Å². The molecule has 0 spiro atoms. The number of halogens is 2. The quantitative estimate of drug-likeness (QED) is 0.479. The maximum atomic E-state index is 11.8. The van der Waals surface area contributed by atoms with Crippen molar-refractivity contribution >= 4 is 40.1 Å². The van der Waals surface area contributed by atoms with Crippen LogP contribution in [-0.4, -0.2) is 17.5 Å². The summed E-state index contributed by atoms with van der Waals surface area (Å²) in [6, 6.07) is 18.0. The average Bonchev–Trinajstić information content (AvgIpc) is 2.87. The van der Waals surface area contributed by atoms with Gasteiger partial charge in [-0.2, -0.15) is 0 Å². The molecule has 3 nitrogen and oxygen atoms in total. The van der Waals surface area contributed by atoms with Crippen LogP contribution in [0.4, 0.5) is 0 Å². The number of hydrogen-bond donors (Lipinski definition) is 1. The molecule has 0 aliphatic carbocycles. The average molecular weight is 425 g/mol. The molecule has 3 aromatic rings. The van der Waals surface area contributed by atoms with Gasteiger partial charge in [0.15, 0.2) is 5.78 Å². The molecule has 0 saturated carbocycles. The predicted octanol–water partition coefficient (Wildman–Crippen LogP) is 6.64. The topological polar surface area (TPSA) is 46.5 Å². The molecule has 0 atom stereocenters. The molecular formula is C24H18Cl2O3. The summed E-state index contributed by atoms with van der Waals surface area (Å²) in [5, 5.41) is 10.9. The lowest BCUT2D eigenvalue weighted by molar-refractivity contribution is 0.101. The number of aromatic hydroxyl groups is 1. The molecule has 0 bridgehead atoms. The Labute approximate surface area is 179 Å². The van der Waals surface area contributed by atoms with Crippen LogP contribution in [0.1, 0.15) is 40.4 Å². The molecule has 5 heteroatoms. The molecule has 1 aliphatic heterocycles. The molecule has 0 amide bonds. The lowest BCUT2D eigenvalue weighted by Crippen LogP contribution is -1.99. The Morgan fingerprint density at radius 2 is 1.69 bits per heavy atom. The first-order chi connectivity index (χ1) is 13.9. The van der Waals surface area contributed by atoms with Crippen molar-refractivity contribution in [1.29, 1.82) is 0 Å². The number of benzene rings is 3. The normalized spacial score (nSPS) is 13.5. The van der Waals surface area contributed by atoms with E-state index in [1.165, 1.54) is 6.92 Å². The second kappa shape index (κ2) is 7.94. The highest BCUT2D eigenvalue weighted by Gasteiger charge is 2.23. The molecule has 1 heterocycles. The smallest absolute Gasteiger partial charge is 0.159 e. The number of ketones is 1. The van der Waals surface area contributed by atoms with Crippen molar-refractivity contribution < 1.29 is 14.6 Å². The van der Waals surface area contributed by atoms with E-state index in [-0.39, 0.29) is 11.5 Å². The van der Waals surface area contributed by atoms with E-state index in [9.17, 15) is 9.90 Å². The van der Waals surface area contributed by atoms with Crippen molar-refractivity contribution in [1.82, 2.24) is 0 Å². The Hall–Kier alpha value is -2.75. The fraction of sp³-hybridized carbons (Fsp3) is 0.125. The largest absolute Gasteiger partial charge is 0.508 e. The van der Waals surface area contributed by atoms with Crippen LogP contribution in [0.25, 0.3) is 11.1 Å². The maximum absolute atomic E-state index is 11.8. The Balaban J connectivity index is 2.02. The van der Waals surface area contributed by atoms with E-state index in [1.807, 2.05) is 30.3 Å². The van der Waals surface area contributed by atoms with Gasteiger partial charge < -0.3 is 9.84 Å². The number of Topliss-reactive ketones (excluding diaryl/α,β-unsaturated/α-hetero) is 1. The molecule has 0 fully saturated rings. The van der Waals surface area contributed by atoms with Gasteiger partial charge in [-0.15, -0.1) is 0 Å². The van der Waals surface area contributed by atoms with E-state index < -0.39 is 0 Å². The lowest BCUT2D eigenvalue weighted by atomic mass is 9.87. The summed E-state index contributed by atoms with van der Waals surface area (Å²) in [4.78, 5) is 11.8. The van der Waals surface area contributed by atoms with Crippen LogP contribution in [0.5, 0.6) is 11.5 Å². The highest BCUT2D eigenvalue weighted by molar-refractivity contribution is 6.36. The van der Waals surface area contributed by atoms with Gasteiger partial charge in [-0.3, -0.25) is 4.79 Å². The first-order valence-corrected chi connectivity index (χ1v) is 9.96. The Morgan fingerprint density at radius 1 is 0.966 bits per heavy atom. The van der Waals surface area contributed by atoms with Crippen molar-refractivity contribution in [2.75, 3.05) is 6.61 Å². The van der Waals surface area contributed by atoms with Crippen LogP contribution in [0, 0.1) is 0 Å². The third-order valence-electron chi connectivity index (χ3n) is 4.98. The van der Waals surface area contributed by atoms with Gasteiger partial charge >= 0.3 is 0 Å². The summed E-state index contributed by atoms with van der Waals surface area (Å²) >= 11 is 12.6. The molecule has 4 rings (SSSR count). The minimum absolute atomic E-state index is 0.0169. The summed E-state index contributed by atoms with van der Waals surface area (Å²) in [7, 11) is 0. The van der Waals surface area contributed by atoms with Gasteiger partial charge in [0.1, 0.15) is 11.5 Å². The second-order valence-corrected chi connectivity index (χ2v) is 7.73. The summed E-state index contributed by atoms with van der Waals surface area (Å²) in [5.41, 5.74) is 5.25. The standard InChI is InChI=1S/C24H18Cl2O3/c1-14(27)16-4-8-21-23(12-16)29-11-10-20(19-9-5-17(25)13-22(19)26)24(21)15-2-6-18(28)7-3-15/h2-9,12-13,28H,10-11H2,1H3. The SMILES string of the molecule is CC(=O)c1ccc2c(c1)OCCC(c1ccc(Cl)cc1Cl)=C2c1ccc(O)cc1. The molecule has 0 aromatic heterocycles. The van der Waals surface area contributed by atoms with Crippen LogP contribution in [-0.2, 0) is 0 Å². The molecule has 3 aromatic carbocycles. The summed E-state index contributed by atoms with van der Waals surface area (Å²) < 4.78 is 6.02. The molecule has 1 aliphatic rings. The van der Waals surface area contributed by atoms with E-state index in [1.54, 1.807) is 30.3 Å². The van der Waals surface area contributed by atoms with Crippen LogP contribution in [0.15, 0.2) is 60.7 Å². The van der Waals surface area contributed by atoms with E-state index in [0.29, 0.717) is 34.4 Å². The molecule has 29 heavy (non-hydrogen) atoms. The number of carbonyl (C=O) groups excluding carboxylic acids is 1. The summed E-state index contributed by atoms with van der Waals surface area (Å²) in [6.07, 6.45) is 0.627. The van der Waals surface area contributed by atoms with Crippen molar-refractivity contribution in [3.05, 3.63) is 93.0 Å². The van der Waals surface area contributed by atoms with Gasteiger partial charge in [-0.05, 0) is 65.6 Å². The van der Waals surface area contributed by atoms with E-state index >= 15 is 0 Å². The number of ether oxygens (including phenoxy) is 1. The lowest BCUT2D eigenvalue weighted by Gasteiger charge is -2.17. The van der Waals surface area contributed by atoms with Crippen LogP contribution >= 0.6 is 23.2 Å². The maximum Gasteiger partial charge on any atom is 0.159 e. The van der Waals surface area contributed by atoms with E-state index in [0.717, 1.165) is 27.8 Å². The van der Waals surface area contributed by atoms with Gasteiger partial charge in [0.05, 0.1) is 6.61 Å². The number of phenols is 1. The third kappa shape index (κ3) is 3.89. The van der Waals surface area contributed by atoms with Crippen LogP contribution in [0.2, 0.25) is 10.0 Å². The third-order valence-corrected chi connectivity index (χ3v) is 5.53. The minimum Gasteiger partial charge on any atom is -0.508 e. The number of phenolic OH excluding ortho intramolecular Hbond substituents is 1. The highest BCUT2D eigenvalue weighted by atomic mass is 35.5. The number of carbonyl (C=O) groups is 1. The molecule has 0 saturated heterocycles.